The second kappa shape index (κ2) is 30.1. The number of ketones is 2. The number of fused-ring (bicyclic) bond motifs is 6. The van der Waals surface area contributed by atoms with Gasteiger partial charge in [-0.25, -0.2) is 47.9 Å². The largest absolute Gasteiger partial charge is 0.504 e. The summed E-state index contributed by atoms with van der Waals surface area (Å²) in [5.74, 6) is -86.4. The molecule has 2 aliphatic carbocycles. The van der Waals surface area contributed by atoms with Crippen LogP contribution in [0.1, 0.15) is 106 Å². The Labute approximate surface area is 744 Å². The minimum atomic E-state index is -4.26. The highest BCUT2D eigenvalue weighted by atomic mass is 16.8. The molecule has 0 saturated carbocycles. The summed E-state index contributed by atoms with van der Waals surface area (Å²) in [5, 5.41) is 305. The topological polar surface area (TPSA) is 890 Å². The van der Waals surface area contributed by atoms with Crippen LogP contribution in [0.15, 0.2) is 77.9 Å². The number of aliphatic hydroxyl groups is 6. The molecule has 2 saturated heterocycles. The van der Waals surface area contributed by atoms with E-state index < -0.39 is 414 Å². The maximum Gasteiger partial charge on any atom is 0.344 e. The highest BCUT2D eigenvalue weighted by Crippen LogP contribution is 2.65. The molecule has 18 rings (SSSR count). The average Bonchev–Trinajstić information content (AvgIpc) is 1.54. The lowest BCUT2D eigenvalue weighted by molar-refractivity contribution is -0.323. The maximum atomic E-state index is 15.6. The molecule has 27 N–H and O–H groups in total. The third-order valence-electron chi connectivity index (χ3n) is 23.4. The SMILES string of the molecule is O=C1OC2C3COC(=O)c4cc(O)c(O)c(O)c4-c4c(cc(O)c(O)c4O)C(=O)OC2C(OC(=O)c2cc(O)c(O)c4c2C2C1=CC(=O)C(O)(O)C2(O)O4)C(OC(=O)c1cc(O)c(O)c(O)c1Oc1cc2c(c(O)c1O)-c1c(cc(O)c(O)c1O)C(=O)OC1C4OC(=O)C5=CC(=O)C(O)(O)C6(O)Oc7c(O)c(O)cc(c7C56)C(=O)OC1C(OC(=O)c1cc(O)c(O)c(O)c1)OC4COC2=O)O3. The van der Waals surface area contributed by atoms with Crippen LogP contribution >= 0.6 is 0 Å². The molecule has 2 fully saturated rings. The zero-order valence-electron chi connectivity index (χ0n) is 66.3. The summed E-state index contributed by atoms with van der Waals surface area (Å²) < 4.78 is 85.8. The number of carbonyl (C=O) groups excluding carboxylic acids is 12. The summed E-state index contributed by atoms with van der Waals surface area (Å²) in [4.78, 5) is 179. The molecule has 14 atom stereocenters. The monoisotopic (exact) mass is 1900 g/mol. The molecule has 8 heterocycles. The zero-order valence-corrected chi connectivity index (χ0v) is 66.3. The number of cyclic esters (lactones) is 2. The van der Waals surface area contributed by atoms with Crippen molar-refractivity contribution < 1.29 is 266 Å². The molecule has 706 valence electrons. The molecule has 54 nitrogen and oxygen atoms in total. The number of ether oxygens (including phenoxy) is 15. The number of rotatable bonds is 6. The van der Waals surface area contributed by atoms with Crippen LogP contribution in [0.25, 0.3) is 22.3 Å². The summed E-state index contributed by atoms with van der Waals surface area (Å²) >= 11 is 0. The fourth-order valence-electron chi connectivity index (χ4n) is 16.8. The second-order valence-electron chi connectivity index (χ2n) is 31.1. The Bertz CT molecular complexity index is 6950. The first-order valence-corrected chi connectivity index (χ1v) is 38.2. The third kappa shape index (κ3) is 12.7. The molecule has 14 unspecified atom stereocenters. The highest BCUT2D eigenvalue weighted by molar-refractivity contribution is 6.13. The quantitative estimate of drug-likeness (QED) is 0.0378. The van der Waals surface area contributed by atoms with Gasteiger partial charge in [-0.05, 0) is 54.6 Å². The van der Waals surface area contributed by atoms with Crippen LogP contribution in [0.5, 0.6) is 144 Å². The lowest BCUT2D eigenvalue weighted by Gasteiger charge is -2.44. The predicted octanol–water partition coefficient (Wildman–Crippen LogP) is -1.80. The van der Waals surface area contributed by atoms with E-state index >= 15 is 38.4 Å². The van der Waals surface area contributed by atoms with E-state index in [1.54, 1.807) is 0 Å². The van der Waals surface area contributed by atoms with E-state index in [9.17, 15) is 157 Å². The summed E-state index contributed by atoms with van der Waals surface area (Å²) in [6, 6.07) is 2.24. The number of phenols is 21. The van der Waals surface area contributed by atoms with Crippen molar-refractivity contribution in [3.8, 4) is 166 Å². The number of hydrogen-bond acceptors (Lipinski definition) is 54. The lowest BCUT2D eigenvalue weighted by atomic mass is 9.74. The average molecular weight is 1900 g/mol. The molecular formula is C82H54O54. The van der Waals surface area contributed by atoms with Crippen LogP contribution in [-0.2, 0) is 76.0 Å². The van der Waals surface area contributed by atoms with Crippen molar-refractivity contribution in [2.45, 2.75) is 96.4 Å². The highest BCUT2D eigenvalue weighted by Gasteiger charge is 2.73. The molecule has 0 aromatic heterocycles. The smallest absolute Gasteiger partial charge is 0.344 e. The van der Waals surface area contributed by atoms with Gasteiger partial charge in [0.1, 0.15) is 31.0 Å². The van der Waals surface area contributed by atoms with Gasteiger partial charge >= 0.3 is 59.7 Å². The Morgan fingerprint density at radius 3 is 1.04 bits per heavy atom. The third-order valence-corrected chi connectivity index (χ3v) is 23.4. The molecule has 10 aliphatic rings. The Balaban J connectivity index is 0.771. The van der Waals surface area contributed by atoms with Crippen LogP contribution < -0.4 is 14.2 Å². The maximum absolute atomic E-state index is 15.6. The lowest BCUT2D eigenvalue weighted by Crippen LogP contribution is -2.66. The van der Waals surface area contributed by atoms with Crippen LogP contribution in [0.3, 0.4) is 0 Å². The van der Waals surface area contributed by atoms with Crippen LogP contribution in [0.4, 0.5) is 0 Å². The Hall–Kier alpha value is -17.8. The standard InChI is InChI=1S/C82H54O54/c83-24-1-14(2-25(84)45(24)93)67(106)133-77-65-63-59(127-74(113)21-10-35(91)79(116,117)81(120)43(21)41-18(72(111)131-65)6-30(89)50(98)61(41)135-81)33(125-77)13-123-69(108)20-9-32(52(100)56(104)40(20)39-17(71(110)129-63)5-28(87)48(96)55(39)103)124-58-23(8-29(88)49(97)57(58)105)76(115)134-78-66-64-60(128-75(114)22-11-36(92)80(118,119)82(121)44(22)42-19(73(112)132-66)7-31(90)51(99)62(42)136-82)34(126-78)12-122-68(107)15-3-26(85)46(94)53(101)37(15)38-16(70(109)130-64)4-27(86)47(95)54(38)102/h1-11,33-34,43-44,59-60,63-66,77-78,83-90,93-105,116-121H,12-13H2. The normalized spacial score (nSPS) is 25.8. The molecule has 54 heteroatoms. The second-order valence-corrected chi connectivity index (χ2v) is 31.1. The number of carbonyl (C=O) groups is 12. The van der Waals surface area contributed by atoms with Gasteiger partial charge in [0.15, 0.2) is 122 Å². The van der Waals surface area contributed by atoms with Crippen molar-refractivity contribution in [1.29, 1.82) is 0 Å². The van der Waals surface area contributed by atoms with E-state index in [1.807, 2.05) is 0 Å². The van der Waals surface area contributed by atoms with Gasteiger partial charge in [0.25, 0.3) is 23.1 Å². The predicted molar refractivity (Wildman–Crippen MR) is 407 cm³/mol. The zero-order chi connectivity index (χ0) is 98.3. The van der Waals surface area contributed by atoms with E-state index in [2.05, 4.69) is 0 Å². The molecule has 8 bridgehead atoms. The summed E-state index contributed by atoms with van der Waals surface area (Å²) in [5.41, 5.74) is -21.5. The Morgan fingerprint density at radius 2 is 0.632 bits per heavy atom. The Morgan fingerprint density at radius 1 is 0.316 bits per heavy atom. The van der Waals surface area contributed by atoms with Gasteiger partial charge in [0.05, 0.1) is 61.9 Å². The molecule has 8 aliphatic heterocycles. The van der Waals surface area contributed by atoms with Gasteiger partial charge in [-0.3, -0.25) is 9.59 Å². The van der Waals surface area contributed by atoms with Gasteiger partial charge in [-0.2, -0.15) is 0 Å². The summed E-state index contributed by atoms with van der Waals surface area (Å²) in [6.45, 7) is -3.37. The first kappa shape index (κ1) is 88.8. The first-order valence-electron chi connectivity index (χ1n) is 38.2. The van der Waals surface area contributed by atoms with Crippen molar-refractivity contribution in [3.05, 3.63) is 134 Å². The molecule has 0 radical (unpaired) electrons. The number of hydrogen-bond donors (Lipinski definition) is 27. The summed E-state index contributed by atoms with van der Waals surface area (Å²) in [7, 11) is 0. The fourth-order valence-corrected chi connectivity index (χ4v) is 16.8. The molecule has 136 heavy (non-hydrogen) atoms. The number of esters is 10. The van der Waals surface area contributed by atoms with Crippen molar-refractivity contribution in [1.82, 2.24) is 0 Å². The van der Waals surface area contributed by atoms with Crippen molar-refractivity contribution >= 4 is 71.3 Å². The van der Waals surface area contributed by atoms with Crippen molar-refractivity contribution in [2.75, 3.05) is 13.2 Å². The summed E-state index contributed by atoms with van der Waals surface area (Å²) in [6.07, 6.45) is -28.6. The van der Waals surface area contributed by atoms with E-state index in [-0.39, 0.29) is 42.5 Å². The number of aromatic hydroxyl groups is 21. The van der Waals surface area contributed by atoms with Crippen LogP contribution in [0, 0.1) is 0 Å². The molecule has 0 spiro atoms. The van der Waals surface area contributed by atoms with Crippen molar-refractivity contribution in [3.63, 3.8) is 0 Å². The van der Waals surface area contributed by atoms with Gasteiger partial charge in [0, 0.05) is 45.5 Å². The van der Waals surface area contributed by atoms with Gasteiger partial charge in [0.2, 0.25) is 82.4 Å². The minimum Gasteiger partial charge on any atom is -0.504 e. The van der Waals surface area contributed by atoms with Crippen molar-refractivity contribution in [2.24, 2.45) is 0 Å². The molecule has 0 amide bonds. The van der Waals surface area contributed by atoms with Gasteiger partial charge in [-0.15, -0.1) is 0 Å². The van der Waals surface area contributed by atoms with E-state index in [0.717, 1.165) is 0 Å². The van der Waals surface area contributed by atoms with E-state index in [1.165, 1.54) is 0 Å². The number of phenolic OH excluding ortho intramolecular Hbond substituents is 21. The van der Waals surface area contributed by atoms with Gasteiger partial charge in [-0.1, -0.05) is 0 Å². The van der Waals surface area contributed by atoms with E-state index in [4.69, 9.17) is 71.1 Å². The first-order chi connectivity index (χ1) is 63.8. The molecular weight excluding hydrogens is 1850 g/mol. The fraction of sp³-hybridized carbons (Fsp3) is 0.220. The molecule has 8 aromatic carbocycles. The number of benzene rings is 8. The Kier molecular flexibility index (Phi) is 19.7. The van der Waals surface area contributed by atoms with Crippen LogP contribution in [-0.4, -0.2) is 307 Å². The molecule has 8 aromatic rings. The van der Waals surface area contributed by atoms with E-state index in [0.29, 0.717) is 24.3 Å². The van der Waals surface area contributed by atoms with Gasteiger partial charge < -0.3 is 209 Å². The van der Waals surface area contributed by atoms with Crippen LogP contribution in [0.2, 0.25) is 0 Å². The minimum absolute atomic E-state index is 0.0563.